The lowest BCUT2D eigenvalue weighted by atomic mass is 10.1. The molecule has 0 radical (unpaired) electrons. The zero-order valence-electron chi connectivity index (χ0n) is 27.1. The largest absolute Gasteiger partial charge is 0.481 e. The van der Waals surface area contributed by atoms with Gasteiger partial charge in [0.05, 0.1) is 0 Å². The van der Waals surface area contributed by atoms with Gasteiger partial charge in [-0.3, -0.25) is 9.59 Å². The summed E-state index contributed by atoms with van der Waals surface area (Å²) in [6, 6.07) is 0. The molecule has 4 nitrogen and oxygen atoms in total. The van der Waals surface area contributed by atoms with Crippen LogP contribution in [0.25, 0.3) is 0 Å². The van der Waals surface area contributed by atoms with Gasteiger partial charge in [-0.25, -0.2) is 0 Å². The highest BCUT2D eigenvalue weighted by Gasteiger charge is 2.11. The van der Waals surface area contributed by atoms with Gasteiger partial charge in [-0.2, -0.15) is 0 Å². The highest BCUT2D eigenvalue weighted by atomic mass is 16.5. The van der Waals surface area contributed by atoms with Crippen molar-refractivity contribution in [3.8, 4) is 0 Å². The fourth-order valence-corrected chi connectivity index (χ4v) is 4.95. The molecule has 1 N–H and O–H groups in total. The number of esters is 1. The lowest BCUT2D eigenvalue weighted by Gasteiger charge is -2.15. The molecule has 238 valence electrons. The second-order valence-corrected chi connectivity index (χ2v) is 11.7. The summed E-state index contributed by atoms with van der Waals surface area (Å²) in [5, 5.41) is 8.77. The van der Waals surface area contributed by atoms with Gasteiger partial charge in [-0.1, -0.05) is 128 Å². The molecule has 0 saturated carbocycles. The van der Waals surface area contributed by atoms with E-state index in [-0.39, 0.29) is 18.5 Å². The minimum Gasteiger partial charge on any atom is -0.481 e. The zero-order chi connectivity index (χ0) is 30.1. The van der Waals surface area contributed by atoms with Crippen LogP contribution >= 0.6 is 0 Å². The van der Waals surface area contributed by atoms with Crippen LogP contribution in [0.4, 0.5) is 0 Å². The Morgan fingerprint density at radius 3 is 1.59 bits per heavy atom. The average molecular weight is 575 g/mol. The van der Waals surface area contributed by atoms with Crippen LogP contribution in [0.5, 0.6) is 0 Å². The normalized spacial score (nSPS) is 12.6. The van der Waals surface area contributed by atoms with Crippen LogP contribution in [0.15, 0.2) is 36.5 Å². The van der Waals surface area contributed by atoms with Crippen LogP contribution in [-0.4, -0.2) is 23.1 Å². The van der Waals surface area contributed by atoms with Gasteiger partial charge in [0.1, 0.15) is 6.10 Å². The van der Waals surface area contributed by atoms with E-state index in [0.717, 1.165) is 57.8 Å². The van der Waals surface area contributed by atoms with E-state index in [0.29, 0.717) is 6.42 Å². The van der Waals surface area contributed by atoms with Crippen molar-refractivity contribution in [1.29, 1.82) is 0 Å². The van der Waals surface area contributed by atoms with E-state index in [1.165, 1.54) is 96.3 Å². The molecular weight excluding hydrogens is 508 g/mol. The van der Waals surface area contributed by atoms with Gasteiger partial charge in [-0.05, 0) is 76.7 Å². The Morgan fingerprint density at radius 1 is 0.561 bits per heavy atom. The van der Waals surface area contributed by atoms with Crippen LogP contribution < -0.4 is 0 Å². The second-order valence-electron chi connectivity index (χ2n) is 11.7. The molecule has 0 aliphatic heterocycles. The Labute approximate surface area is 254 Å². The molecule has 0 saturated heterocycles. The highest BCUT2D eigenvalue weighted by Crippen LogP contribution is 2.15. The summed E-state index contributed by atoms with van der Waals surface area (Å²) in [6.07, 6.45) is 41.8. The first kappa shape index (κ1) is 39.2. The fourth-order valence-electron chi connectivity index (χ4n) is 4.95. The molecule has 1 atom stereocenters. The van der Waals surface area contributed by atoms with Crippen molar-refractivity contribution >= 4 is 11.9 Å². The Kier molecular flexibility index (Phi) is 31.2. The molecule has 0 fully saturated rings. The summed E-state index contributed by atoms with van der Waals surface area (Å²) in [7, 11) is 0. The second kappa shape index (κ2) is 32.7. The first-order valence-electron chi connectivity index (χ1n) is 17.5. The summed E-state index contributed by atoms with van der Waals surface area (Å²) >= 11 is 0. The molecule has 41 heavy (non-hydrogen) atoms. The van der Waals surface area contributed by atoms with Crippen molar-refractivity contribution in [3.05, 3.63) is 36.5 Å². The van der Waals surface area contributed by atoms with Gasteiger partial charge in [0.2, 0.25) is 0 Å². The SMILES string of the molecule is CCCCC/C=C\C/C=C\CCCCCCCCCCCC(=O)OC(/C=C\CCCCC)CCCCCCC(=O)O. The molecule has 0 aliphatic carbocycles. The van der Waals surface area contributed by atoms with Crippen LogP contribution in [0.3, 0.4) is 0 Å². The highest BCUT2D eigenvalue weighted by molar-refractivity contribution is 5.69. The van der Waals surface area contributed by atoms with Crippen molar-refractivity contribution in [2.45, 2.75) is 187 Å². The molecule has 0 amide bonds. The monoisotopic (exact) mass is 574 g/mol. The van der Waals surface area contributed by atoms with Crippen LogP contribution in [0.1, 0.15) is 181 Å². The molecule has 0 aliphatic rings. The molecule has 0 aromatic heterocycles. The number of hydrogen-bond acceptors (Lipinski definition) is 3. The number of carboxylic acid groups (broad SMARTS) is 1. The third-order valence-corrected chi connectivity index (χ3v) is 7.57. The van der Waals surface area contributed by atoms with E-state index >= 15 is 0 Å². The Bertz CT molecular complexity index is 664. The van der Waals surface area contributed by atoms with E-state index in [2.05, 4.69) is 50.3 Å². The number of ether oxygens (including phenoxy) is 1. The maximum atomic E-state index is 12.5. The van der Waals surface area contributed by atoms with Crippen LogP contribution in [0, 0.1) is 0 Å². The topological polar surface area (TPSA) is 63.6 Å². The maximum absolute atomic E-state index is 12.5. The van der Waals surface area contributed by atoms with Crippen molar-refractivity contribution < 1.29 is 19.4 Å². The number of aliphatic carboxylic acids is 1. The Balaban J connectivity index is 3.81. The number of rotatable bonds is 31. The molecule has 0 rings (SSSR count). The summed E-state index contributed by atoms with van der Waals surface area (Å²) in [5.41, 5.74) is 0. The first-order chi connectivity index (χ1) is 20.1. The van der Waals surface area contributed by atoms with E-state index in [1.807, 2.05) is 0 Å². The molecular formula is C37H66O4. The van der Waals surface area contributed by atoms with E-state index < -0.39 is 5.97 Å². The Hall–Kier alpha value is -1.84. The van der Waals surface area contributed by atoms with E-state index in [9.17, 15) is 9.59 Å². The maximum Gasteiger partial charge on any atom is 0.306 e. The third-order valence-electron chi connectivity index (χ3n) is 7.57. The number of carbonyl (C=O) groups is 2. The molecule has 0 aromatic rings. The van der Waals surface area contributed by atoms with Crippen molar-refractivity contribution in [3.63, 3.8) is 0 Å². The van der Waals surface area contributed by atoms with Crippen LogP contribution in [-0.2, 0) is 14.3 Å². The van der Waals surface area contributed by atoms with Gasteiger partial charge in [-0.15, -0.1) is 0 Å². The van der Waals surface area contributed by atoms with Crippen molar-refractivity contribution in [1.82, 2.24) is 0 Å². The molecule has 0 spiro atoms. The van der Waals surface area contributed by atoms with Gasteiger partial charge in [0.25, 0.3) is 0 Å². The minimum absolute atomic E-state index is 0.0730. The first-order valence-corrected chi connectivity index (χ1v) is 17.5. The standard InChI is InChI=1S/C37H66O4/c1-3-5-7-9-10-11-12-13-14-15-16-17-18-19-20-21-22-24-30-34-37(40)41-35(31-27-23-8-6-4-2)32-28-25-26-29-33-36(38)39/h10-11,13-14,27,31,35H,3-9,12,15-26,28-30,32-34H2,1-2H3,(H,38,39)/b11-10-,14-13-,31-27-. The van der Waals surface area contributed by atoms with Gasteiger partial charge < -0.3 is 9.84 Å². The van der Waals surface area contributed by atoms with E-state index in [4.69, 9.17) is 9.84 Å². The molecule has 0 aromatic carbocycles. The summed E-state index contributed by atoms with van der Waals surface area (Å²) in [4.78, 5) is 23.1. The lowest BCUT2D eigenvalue weighted by Crippen LogP contribution is -2.16. The average Bonchev–Trinajstić information content (AvgIpc) is 2.95. The summed E-state index contributed by atoms with van der Waals surface area (Å²) in [6.45, 7) is 4.46. The number of unbranched alkanes of at least 4 members (excludes halogenated alkanes) is 18. The van der Waals surface area contributed by atoms with Crippen molar-refractivity contribution in [2.24, 2.45) is 0 Å². The van der Waals surface area contributed by atoms with Gasteiger partial charge >= 0.3 is 11.9 Å². The van der Waals surface area contributed by atoms with Crippen LogP contribution in [0.2, 0.25) is 0 Å². The molecule has 0 heterocycles. The smallest absolute Gasteiger partial charge is 0.306 e. The lowest BCUT2D eigenvalue weighted by molar-refractivity contribution is -0.147. The van der Waals surface area contributed by atoms with Gasteiger partial charge in [0.15, 0.2) is 0 Å². The number of allylic oxidation sites excluding steroid dienone is 5. The molecule has 1 unspecified atom stereocenters. The molecule has 4 heteroatoms. The number of carbonyl (C=O) groups excluding carboxylic acids is 1. The minimum atomic E-state index is -0.724. The fraction of sp³-hybridized carbons (Fsp3) is 0.784. The Morgan fingerprint density at radius 2 is 1.02 bits per heavy atom. The molecule has 0 bridgehead atoms. The zero-order valence-corrected chi connectivity index (χ0v) is 27.1. The number of carboxylic acids is 1. The third kappa shape index (κ3) is 32.5. The quantitative estimate of drug-likeness (QED) is 0.0508. The number of hydrogen-bond donors (Lipinski definition) is 1. The summed E-state index contributed by atoms with van der Waals surface area (Å²) in [5.74, 6) is -0.797. The summed E-state index contributed by atoms with van der Waals surface area (Å²) < 4.78 is 5.81. The van der Waals surface area contributed by atoms with E-state index in [1.54, 1.807) is 0 Å². The predicted octanol–water partition coefficient (Wildman–Crippen LogP) is 11.8. The predicted molar refractivity (Wildman–Crippen MR) is 176 cm³/mol. The van der Waals surface area contributed by atoms with Crippen molar-refractivity contribution in [2.75, 3.05) is 0 Å². The van der Waals surface area contributed by atoms with Gasteiger partial charge in [0, 0.05) is 12.8 Å².